The minimum absolute atomic E-state index is 0.0296. The molecule has 2 aromatic heterocycles. The quantitative estimate of drug-likeness (QED) is 0.641. The van der Waals surface area contributed by atoms with Gasteiger partial charge in [-0.2, -0.15) is 0 Å². The van der Waals surface area contributed by atoms with Gasteiger partial charge in [-0.1, -0.05) is 17.3 Å². The van der Waals surface area contributed by atoms with Gasteiger partial charge in [0.05, 0.1) is 35.0 Å². The smallest absolute Gasteiger partial charge is 0.339 e. The Morgan fingerprint density at radius 3 is 2.61 bits per heavy atom. The van der Waals surface area contributed by atoms with Crippen LogP contribution in [0.25, 0.3) is 11.1 Å². The predicted molar refractivity (Wildman–Crippen MR) is 104 cm³/mol. The van der Waals surface area contributed by atoms with E-state index in [1.165, 1.54) is 7.11 Å². The molecule has 3 aromatic rings. The van der Waals surface area contributed by atoms with Crippen LogP contribution in [-0.2, 0) is 4.74 Å². The third-order valence-corrected chi connectivity index (χ3v) is 5.20. The molecule has 0 bridgehead atoms. The molecule has 0 aliphatic heterocycles. The fourth-order valence-electron chi connectivity index (χ4n) is 3.60. The van der Waals surface area contributed by atoms with Gasteiger partial charge in [0, 0.05) is 11.7 Å². The first-order valence-electron chi connectivity index (χ1n) is 9.25. The van der Waals surface area contributed by atoms with Crippen LogP contribution in [-0.4, -0.2) is 35.2 Å². The van der Waals surface area contributed by atoms with Gasteiger partial charge in [0.2, 0.25) is 0 Å². The van der Waals surface area contributed by atoms with Crippen molar-refractivity contribution < 1.29 is 18.8 Å². The summed E-state index contributed by atoms with van der Waals surface area (Å²) < 4.78 is 10.2. The lowest BCUT2D eigenvalue weighted by Crippen LogP contribution is -2.45. The summed E-state index contributed by atoms with van der Waals surface area (Å²) in [6.45, 7) is 3.60. The molecule has 28 heavy (non-hydrogen) atoms. The number of aromatic nitrogens is 2. The molecule has 144 valence electrons. The number of para-hydroxylation sites is 1. The maximum atomic E-state index is 13.7. The van der Waals surface area contributed by atoms with E-state index in [0.29, 0.717) is 39.3 Å². The van der Waals surface area contributed by atoms with Crippen LogP contribution in [0.5, 0.6) is 0 Å². The third kappa shape index (κ3) is 2.93. The summed E-state index contributed by atoms with van der Waals surface area (Å²) in [5.74, 6) is -0.659. The van der Waals surface area contributed by atoms with Gasteiger partial charge in [-0.05, 0) is 51.3 Å². The van der Waals surface area contributed by atoms with Crippen molar-refractivity contribution in [2.45, 2.75) is 39.2 Å². The molecule has 1 saturated carbocycles. The van der Waals surface area contributed by atoms with E-state index < -0.39 is 5.97 Å². The number of anilines is 1. The van der Waals surface area contributed by atoms with Gasteiger partial charge < -0.3 is 14.2 Å². The second-order valence-electron chi connectivity index (χ2n) is 7.03. The molecule has 1 aliphatic carbocycles. The number of hydrogen-bond acceptors (Lipinski definition) is 6. The van der Waals surface area contributed by atoms with E-state index >= 15 is 0 Å². The van der Waals surface area contributed by atoms with Crippen molar-refractivity contribution in [2.75, 3.05) is 12.0 Å². The number of aryl methyl sites for hydroxylation is 2. The number of carbonyl (C=O) groups is 2. The van der Waals surface area contributed by atoms with Crippen molar-refractivity contribution >= 4 is 28.7 Å². The van der Waals surface area contributed by atoms with Gasteiger partial charge in [-0.3, -0.25) is 4.79 Å². The van der Waals surface area contributed by atoms with Crippen molar-refractivity contribution in [3.8, 4) is 0 Å². The van der Waals surface area contributed by atoms with Crippen LogP contribution in [0, 0.1) is 13.8 Å². The molecular formula is C21H21N3O4. The van der Waals surface area contributed by atoms with Crippen LogP contribution in [0.2, 0.25) is 0 Å². The van der Waals surface area contributed by atoms with Gasteiger partial charge in [0.1, 0.15) is 0 Å². The number of nitrogens with zero attached hydrogens (tertiary/aromatic N) is 3. The lowest BCUT2D eigenvalue weighted by molar-refractivity contribution is 0.0601. The van der Waals surface area contributed by atoms with Crippen LogP contribution >= 0.6 is 0 Å². The van der Waals surface area contributed by atoms with Crippen molar-refractivity contribution in [1.29, 1.82) is 0 Å². The Balaban J connectivity index is 1.88. The molecule has 0 saturated heterocycles. The Morgan fingerprint density at radius 1 is 1.18 bits per heavy atom. The van der Waals surface area contributed by atoms with E-state index in [9.17, 15) is 9.59 Å². The number of pyridine rings is 1. The van der Waals surface area contributed by atoms with Crippen molar-refractivity contribution in [2.24, 2.45) is 0 Å². The normalized spacial score (nSPS) is 14.0. The van der Waals surface area contributed by atoms with Crippen LogP contribution in [0.15, 0.2) is 34.9 Å². The number of amides is 1. The Morgan fingerprint density at radius 2 is 1.93 bits per heavy atom. The highest BCUT2D eigenvalue weighted by Crippen LogP contribution is 2.35. The van der Waals surface area contributed by atoms with Gasteiger partial charge in [-0.15, -0.1) is 0 Å². The van der Waals surface area contributed by atoms with E-state index in [4.69, 9.17) is 9.26 Å². The number of hydrogen-bond donors (Lipinski definition) is 0. The number of carbonyl (C=O) groups excluding carboxylic acids is 2. The second kappa shape index (κ2) is 7.07. The Bertz CT molecular complexity index is 1070. The standard InChI is InChI=1S/C21H21N3O4/c1-12-11-16(18-13(2)23-28-19(18)22-12)20(25)24(14-7-6-8-14)17-10-5-4-9-15(17)21(26)27-3/h4-5,9-11,14H,6-8H2,1-3H3. The number of fused-ring (bicyclic) bond motifs is 1. The Kier molecular flexibility index (Phi) is 4.58. The molecule has 0 unspecified atom stereocenters. The molecule has 1 fully saturated rings. The summed E-state index contributed by atoms with van der Waals surface area (Å²) >= 11 is 0. The monoisotopic (exact) mass is 379 g/mol. The van der Waals surface area contributed by atoms with Crippen molar-refractivity contribution in [1.82, 2.24) is 10.1 Å². The number of benzene rings is 1. The summed E-state index contributed by atoms with van der Waals surface area (Å²) in [5, 5.41) is 4.57. The van der Waals surface area contributed by atoms with Gasteiger partial charge in [0.15, 0.2) is 0 Å². The number of methoxy groups -OCH3 is 1. The number of rotatable bonds is 4. The first kappa shape index (κ1) is 18.2. The highest BCUT2D eigenvalue weighted by atomic mass is 16.5. The lowest BCUT2D eigenvalue weighted by atomic mass is 9.89. The second-order valence-corrected chi connectivity index (χ2v) is 7.03. The molecule has 0 radical (unpaired) electrons. The highest BCUT2D eigenvalue weighted by molar-refractivity contribution is 6.15. The lowest BCUT2D eigenvalue weighted by Gasteiger charge is -2.38. The Labute approximate surface area is 162 Å². The molecule has 7 heteroatoms. The minimum atomic E-state index is -0.468. The first-order valence-corrected chi connectivity index (χ1v) is 9.25. The van der Waals surface area contributed by atoms with Crippen molar-refractivity contribution in [3.05, 3.63) is 52.8 Å². The average molecular weight is 379 g/mol. The molecule has 1 aromatic carbocycles. The van der Waals surface area contributed by atoms with Gasteiger partial charge in [0.25, 0.3) is 11.6 Å². The topological polar surface area (TPSA) is 85.5 Å². The maximum absolute atomic E-state index is 13.7. The van der Waals surface area contributed by atoms with E-state index in [1.54, 1.807) is 36.1 Å². The molecule has 1 amide bonds. The summed E-state index contributed by atoms with van der Waals surface area (Å²) in [7, 11) is 1.34. The molecular weight excluding hydrogens is 358 g/mol. The molecule has 4 rings (SSSR count). The molecule has 1 aliphatic rings. The largest absolute Gasteiger partial charge is 0.465 e. The zero-order valence-electron chi connectivity index (χ0n) is 16.1. The fraction of sp³-hybridized carbons (Fsp3) is 0.333. The van der Waals surface area contributed by atoms with Crippen LogP contribution in [0.4, 0.5) is 5.69 Å². The fourth-order valence-corrected chi connectivity index (χ4v) is 3.60. The van der Waals surface area contributed by atoms with E-state index in [1.807, 2.05) is 13.0 Å². The van der Waals surface area contributed by atoms with E-state index in [0.717, 1.165) is 19.3 Å². The predicted octanol–water partition coefficient (Wildman–Crippen LogP) is 3.83. The molecule has 2 heterocycles. The zero-order valence-corrected chi connectivity index (χ0v) is 16.1. The number of esters is 1. The van der Waals surface area contributed by atoms with Crippen LogP contribution in [0.3, 0.4) is 0 Å². The average Bonchev–Trinajstić information content (AvgIpc) is 3.03. The zero-order chi connectivity index (χ0) is 19.8. The van der Waals surface area contributed by atoms with Crippen LogP contribution in [0.1, 0.15) is 51.4 Å². The van der Waals surface area contributed by atoms with Crippen LogP contribution < -0.4 is 4.90 Å². The molecule has 0 spiro atoms. The van der Waals surface area contributed by atoms with E-state index in [-0.39, 0.29) is 11.9 Å². The first-order chi connectivity index (χ1) is 13.5. The van der Waals surface area contributed by atoms with Gasteiger partial charge in [-0.25, -0.2) is 9.78 Å². The van der Waals surface area contributed by atoms with Gasteiger partial charge >= 0.3 is 5.97 Å². The maximum Gasteiger partial charge on any atom is 0.339 e. The number of ether oxygens (including phenoxy) is 1. The van der Waals surface area contributed by atoms with Crippen molar-refractivity contribution in [3.63, 3.8) is 0 Å². The highest BCUT2D eigenvalue weighted by Gasteiger charge is 2.34. The Hall–Kier alpha value is -3.22. The summed E-state index contributed by atoms with van der Waals surface area (Å²) in [4.78, 5) is 32.1. The molecule has 0 N–H and O–H groups in total. The molecule has 0 atom stereocenters. The minimum Gasteiger partial charge on any atom is -0.465 e. The summed E-state index contributed by atoms with van der Waals surface area (Å²) in [6.07, 6.45) is 2.82. The summed E-state index contributed by atoms with van der Waals surface area (Å²) in [6, 6.07) is 8.83. The molecule has 7 nitrogen and oxygen atoms in total. The van der Waals surface area contributed by atoms with E-state index in [2.05, 4.69) is 10.1 Å². The summed E-state index contributed by atoms with van der Waals surface area (Å²) in [5.41, 5.74) is 3.03. The third-order valence-electron chi connectivity index (χ3n) is 5.20. The SMILES string of the molecule is COC(=O)c1ccccc1N(C(=O)c1cc(C)nc2onc(C)c12)C1CCC1.